The standard InChI is InChI=1S/C20H30N2O3/c1-20(2,3)25-19(24)21-17-8-5-9-22(13-17)12-16-10-14-6-4-7-15(14)11-18(16)23/h10-11,17,23H,4-9,12-13H2,1-3H3,(H,21,24)/t17-/m0/s1. The zero-order valence-electron chi connectivity index (χ0n) is 15.6. The number of nitrogens with zero attached hydrogens (tertiary/aromatic N) is 1. The number of hydrogen-bond acceptors (Lipinski definition) is 4. The zero-order valence-corrected chi connectivity index (χ0v) is 15.6. The first kappa shape index (κ1) is 18.1. The number of likely N-dealkylation sites (tertiary alicyclic amines) is 1. The predicted molar refractivity (Wildman–Crippen MR) is 97.8 cm³/mol. The number of hydrogen-bond donors (Lipinski definition) is 2. The molecule has 0 spiro atoms. The number of benzene rings is 1. The van der Waals surface area contributed by atoms with E-state index in [1.54, 1.807) is 0 Å². The van der Waals surface area contributed by atoms with Crippen LogP contribution in [0.25, 0.3) is 0 Å². The first-order valence-electron chi connectivity index (χ1n) is 9.36. The van der Waals surface area contributed by atoms with E-state index in [0.29, 0.717) is 5.75 Å². The van der Waals surface area contributed by atoms with E-state index in [4.69, 9.17) is 4.74 Å². The van der Waals surface area contributed by atoms with E-state index >= 15 is 0 Å². The van der Waals surface area contributed by atoms with E-state index < -0.39 is 5.60 Å². The fourth-order valence-corrected chi connectivity index (χ4v) is 3.82. The van der Waals surface area contributed by atoms with Gasteiger partial charge in [-0.2, -0.15) is 0 Å². The molecular formula is C20H30N2O3. The Bertz CT molecular complexity index is 637. The smallest absolute Gasteiger partial charge is 0.407 e. The molecule has 1 fully saturated rings. The molecule has 0 aromatic heterocycles. The average molecular weight is 346 g/mol. The number of alkyl carbamates (subject to hydrolysis) is 1. The maximum absolute atomic E-state index is 12.0. The Morgan fingerprint density at radius 1 is 1.28 bits per heavy atom. The Labute approximate surface area is 150 Å². The molecule has 1 aliphatic heterocycles. The average Bonchev–Trinajstić information content (AvgIpc) is 2.93. The van der Waals surface area contributed by atoms with E-state index in [9.17, 15) is 9.90 Å². The molecule has 1 amide bonds. The minimum absolute atomic E-state index is 0.0974. The summed E-state index contributed by atoms with van der Waals surface area (Å²) in [7, 11) is 0. The molecule has 3 rings (SSSR count). The highest BCUT2D eigenvalue weighted by molar-refractivity contribution is 5.68. The second-order valence-electron chi connectivity index (χ2n) is 8.32. The van der Waals surface area contributed by atoms with Crippen LogP contribution in [0.5, 0.6) is 5.75 Å². The summed E-state index contributed by atoms with van der Waals surface area (Å²) >= 11 is 0. The molecular weight excluding hydrogens is 316 g/mol. The normalized spacial score (nSPS) is 21.0. The van der Waals surface area contributed by atoms with Gasteiger partial charge < -0.3 is 15.2 Å². The number of aryl methyl sites for hydroxylation is 2. The van der Waals surface area contributed by atoms with E-state index in [1.807, 2.05) is 26.8 Å². The minimum atomic E-state index is -0.478. The summed E-state index contributed by atoms with van der Waals surface area (Å²) in [5.41, 5.74) is 3.20. The summed E-state index contributed by atoms with van der Waals surface area (Å²) in [6.07, 6.45) is 5.03. The summed E-state index contributed by atoms with van der Waals surface area (Å²) < 4.78 is 5.35. The lowest BCUT2D eigenvalue weighted by atomic mass is 10.0. The van der Waals surface area contributed by atoms with Crippen LogP contribution < -0.4 is 5.32 Å². The number of phenolic OH excluding ortho intramolecular Hbond substituents is 1. The third-order valence-corrected chi connectivity index (χ3v) is 4.91. The number of carbonyl (C=O) groups is 1. The Kier molecular flexibility index (Phi) is 5.23. The molecule has 1 atom stereocenters. The highest BCUT2D eigenvalue weighted by atomic mass is 16.6. The van der Waals surface area contributed by atoms with Gasteiger partial charge in [0.2, 0.25) is 0 Å². The van der Waals surface area contributed by atoms with E-state index in [-0.39, 0.29) is 12.1 Å². The van der Waals surface area contributed by atoms with Gasteiger partial charge in [-0.15, -0.1) is 0 Å². The second-order valence-corrected chi connectivity index (χ2v) is 8.32. The summed E-state index contributed by atoms with van der Waals surface area (Å²) in [4.78, 5) is 14.3. The van der Waals surface area contributed by atoms with Gasteiger partial charge in [0.1, 0.15) is 11.4 Å². The Balaban J connectivity index is 1.58. The highest BCUT2D eigenvalue weighted by Crippen LogP contribution is 2.30. The van der Waals surface area contributed by atoms with Crippen LogP contribution in [0.15, 0.2) is 12.1 Å². The quantitative estimate of drug-likeness (QED) is 0.881. The molecule has 1 aliphatic carbocycles. The van der Waals surface area contributed by atoms with Gasteiger partial charge in [0, 0.05) is 24.7 Å². The largest absolute Gasteiger partial charge is 0.508 e. The maximum atomic E-state index is 12.0. The van der Waals surface area contributed by atoms with Crippen LogP contribution in [-0.4, -0.2) is 40.8 Å². The topological polar surface area (TPSA) is 61.8 Å². The van der Waals surface area contributed by atoms with Gasteiger partial charge in [0.15, 0.2) is 0 Å². The van der Waals surface area contributed by atoms with Crippen molar-refractivity contribution in [2.24, 2.45) is 0 Å². The van der Waals surface area contributed by atoms with Crippen LogP contribution in [0, 0.1) is 0 Å². The maximum Gasteiger partial charge on any atom is 0.407 e. The van der Waals surface area contributed by atoms with E-state index in [0.717, 1.165) is 50.9 Å². The third kappa shape index (κ3) is 4.88. The molecule has 5 heteroatoms. The van der Waals surface area contributed by atoms with Crippen molar-refractivity contribution in [2.45, 2.75) is 71.1 Å². The number of carbonyl (C=O) groups excluding carboxylic acids is 1. The number of rotatable bonds is 3. The van der Waals surface area contributed by atoms with Crippen LogP contribution in [0.2, 0.25) is 0 Å². The molecule has 1 heterocycles. The van der Waals surface area contributed by atoms with Crippen molar-refractivity contribution in [2.75, 3.05) is 13.1 Å². The Morgan fingerprint density at radius 3 is 2.72 bits per heavy atom. The van der Waals surface area contributed by atoms with Crippen LogP contribution in [0.1, 0.15) is 56.7 Å². The van der Waals surface area contributed by atoms with Crippen LogP contribution in [0.3, 0.4) is 0 Å². The van der Waals surface area contributed by atoms with Crippen molar-refractivity contribution in [3.05, 3.63) is 28.8 Å². The number of phenols is 1. The second kappa shape index (κ2) is 7.24. The third-order valence-electron chi connectivity index (χ3n) is 4.91. The van der Waals surface area contributed by atoms with Crippen LogP contribution in [-0.2, 0) is 24.1 Å². The number of aromatic hydroxyl groups is 1. The Hall–Kier alpha value is -1.75. The summed E-state index contributed by atoms with van der Waals surface area (Å²) in [5.74, 6) is 0.405. The summed E-state index contributed by atoms with van der Waals surface area (Å²) in [6, 6.07) is 4.21. The van der Waals surface area contributed by atoms with Crippen molar-refractivity contribution in [1.82, 2.24) is 10.2 Å². The van der Waals surface area contributed by atoms with Crippen LogP contribution in [0.4, 0.5) is 4.79 Å². The number of fused-ring (bicyclic) bond motifs is 1. The first-order chi connectivity index (χ1) is 11.8. The van der Waals surface area contributed by atoms with Gasteiger partial charge in [0.25, 0.3) is 0 Å². The molecule has 25 heavy (non-hydrogen) atoms. The van der Waals surface area contributed by atoms with Crippen molar-refractivity contribution >= 4 is 6.09 Å². The van der Waals surface area contributed by atoms with Gasteiger partial charge in [-0.1, -0.05) is 6.07 Å². The molecule has 2 aliphatic rings. The lowest BCUT2D eigenvalue weighted by Crippen LogP contribution is -2.48. The van der Waals surface area contributed by atoms with Crippen molar-refractivity contribution < 1.29 is 14.6 Å². The Morgan fingerprint density at radius 2 is 2.00 bits per heavy atom. The lowest BCUT2D eigenvalue weighted by molar-refractivity contribution is 0.0470. The monoisotopic (exact) mass is 346 g/mol. The number of amides is 1. The van der Waals surface area contributed by atoms with Gasteiger partial charge in [0.05, 0.1) is 0 Å². The number of ether oxygens (including phenoxy) is 1. The van der Waals surface area contributed by atoms with Gasteiger partial charge in [-0.25, -0.2) is 4.79 Å². The van der Waals surface area contributed by atoms with Crippen molar-refractivity contribution in [3.8, 4) is 5.75 Å². The fourth-order valence-electron chi connectivity index (χ4n) is 3.82. The fraction of sp³-hybridized carbons (Fsp3) is 0.650. The molecule has 1 aromatic rings. The lowest BCUT2D eigenvalue weighted by Gasteiger charge is -2.33. The van der Waals surface area contributed by atoms with Crippen LogP contribution >= 0.6 is 0 Å². The molecule has 1 aromatic carbocycles. The number of piperidine rings is 1. The summed E-state index contributed by atoms with van der Waals surface area (Å²) in [6.45, 7) is 8.12. The first-order valence-corrected chi connectivity index (χ1v) is 9.36. The molecule has 0 unspecified atom stereocenters. The van der Waals surface area contributed by atoms with Gasteiger partial charge in [-0.05, 0) is 76.6 Å². The summed E-state index contributed by atoms with van der Waals surface area (Å²) in [5, 5.41) is 13.3. The highest BCUT2D eigenvalue weighted by Gasteiger charge is 2.25. The molecule has 5 nitrogen and oxygen atoms in total. The minimum Gasteiger partial charge on any atom is -0.508 e. The van der Waals surface area contributed by atoms with Crippen molar-refractivity contribution in [1.29, 1.82) is 0 Å². The van der Waals surface area contributed by atoms with Gasteiger partial charge in [-0.3, -0.25) is 4.90 Å². The predicted octanol–water partition coefficient (Wildman–Crippen LogP) is 3.37. The van der Waals surface area contributed by atoms with E-state index in [1.165, 1.54) is 17.5 Å². The van der Waals surface area contributed by atoms with Crippen molar-refractivity contribution in [3.63, 3.8) is 0 Å². The molecule has 0 bridgehead atoms. The molecule has 2 N–H and O–H groups in total. The molecule has 1 saturated heterocycles. The van der Waals surface area contributed by atoms with Gasteiger partial charge >= 0.3 is 6.09 Å². The SMILES string of the molecule is CC(C)(C)OC(=O)N[C@H]1CCCN(Cc2cc3c(cc2O)CCC3)C1. The van der Waals surface area contributed by atoms with E-state index in [2.05, 4.69) is 16.3 Å². The zero-order chi connectivity index (χ0) is 18.0. The molecule has 138 valence electrons. The number of nitrogens with one attached hydrogen (secondary N) is 1. The molecule has 0 radical (unpaired) electrons. The molecule has 0 saturated carbocycles.